The SMILES string of the molecule is CN(C(=O)N1Cc2ccccc2C1)[C@H]1COCc2[nH]c(=O)c3cc(F)c(F)cc3c21. The van der Waals surface area contributed by atoms with Crippen LogP contribution in [-0.4, -0.2) is 34.5 Å². The molecule has 1 aromatic heterocycles. The smallest absolute Gasteiger partial charge is 0.320 e. The highest BCUT2D eigenvalue weighted by Crippen LogP contribution is 2.35. The van der Waals surface area contributed by atoms with E-state index in [1.54, 1.807) is 16.8 Å². The zero-order valence-electron chi connectivity index (χ0n) is 16.2. The van der Waals surface area contributed by atoms with E-state index in [9.17, 15) is 18.4 Å². The zero-order valence-corrected chi connectivity index (χ0v) is 16.2. The van der Waals surface area contributed by atoms with Crippen LogP contribution in [-0.2, 0) is 24.4 Å². The van der Waals surface area contributed by atoms with Gasteiger partial charge in [-0.25, -0.2) is 13.6 Å². The number of pyridine rings is 1. The van der Waals surface area contributed by atoms with Gasteiger partial charge in [0.05, 0.1) is 24.6 Å². The number of urea groups is 1. The Bertz CT molecular complexity index is 1220. The fraction of sp³-hybridized carbons (Fsp3) is 0.273. The van der Waals surface area contributed by atoms with Crippen molar-refractivity contribution in [1.82, 2.24) is 14.8 Å². The van der Waals surface area contributed by atoms with E-state index in [4.69, 9.17) is 4.74 Å². The van der Waals surface area contributed by atoms with Gasteiger partial charge in [0, 0.05) is 31.4 Å². The minimum absolute atomic E-state index is 0.0500. The predicted octanol–water partition coefficient (Wildman–Crippen LogP) is 3.45. The molecule has 30 heavy (non-hydrogen) atoms. The Hall–Kier alpha value is -3.26. The van der Waals surface area contributed by atoms with Crippen LogP contribution in [0.4, 0.5) is 13.6 Å². The van der Waals surface area contributed by atoms with Crippen molar-refractivity contribution in [3.05, 3.63) is 80.8 Å². The molecule has 3 heterocycles. The highest BCUT2D eigenvalue weighted by molar-refractivity contribution is 5.87. The van der Waals surface area contributed by atoms with Gasteiger partial charge in [-0.1, -0.05) is 24.3 Å². The van der Waals surface area contributed by atoms with Crippen LogP contribution in [0, 0.1) is 11.6 Å². The van der Waals surface area contributed by atoms with Gasteiger partial charge in [-0.15, -0.1) is 0 Å². The summed E-state index contributed by atoms with van der Waals surface area (Å²) < 4.78 is 33.4. The van der Waals surface area contributed by atoms with Gasteiger partial charge in [0.25, 0.3) is 5.56 Å². The Balaban J connectivity index is 1.54. The summed E-state index contributed by atoms with van der Waals surface area (Å²) in [4.78, 5) is 31.6. The fourth-order valence-electron chi connectivity index (χ4n) is 4.37. The number of hydrogen-bond acceptors (Lipinski definition) is 3. The van der Waals surface area contributed by atoms with Crippen LogP contribution in [0.1, 0.15) is 28.4 Å². The molecule has 0 saturated heterocycles. The molecule has 3 aromatic rings. The molecule has 0 radical (unpaired) electrons. The first-order chi connectivity index (χ1) is 14.4. The van der Waals surface area contributed by atoms with Crippen molar-refractivity contribution < 1.29 is 18.3 Å². The second-order valence-electron chi connectivity index (χ2n) is 7.71. The van der Waals surface area contributed by atoms with E-state index in [1.165, 1.54) is 0 Å². The molecule has 2 aliphatic heterocycles. The first-order valence-electron chi connectivity index (χ1n) is 9.64. The maximum atomic E-state index is 14.0. The molecular weight excluding hydrogens is 392 g/mol. The molecule has 2 aromatic carbocycles. The molecule has 0 fully saturated rings. The summed E-state index contributed by atoms with van der Waals surface area (Å²) in [5, 5.41) is 0.347. The Morgan fingerprint density at radius 1 is 1.13 bits per heavy atom. The highest BCUT2D eigenvalue weighted by Gasteiger charge is 2.34. The summed E-state index contributed by atoms with van der Waals surface area (Å²) in [6, 6.07) is 9.06. The third-order valence-corrected chi connectivity index (χ3v) is 5.92. The Morgan fingerprint density at radius 2 is 1.77 bits per heavy atom. The molecule has 0 bridgehead atoms. The molecule has 5 rings (SSSR count). The van der Waals surface area contributed by atoms with Crippen LogP contribution in [0.2, 0.25) is 0 Å². The number of carbonyl (C=O) groups is 1. The fourth-order valence-corrected chi connectivity index (χ4v) is 4.37. The van der Waals surface area contributed by atoms with Crippen molar-refractivity contribution in [1.29, 1.82) is 0 Å². The van der Waals surface area contributed by atoms with Gasteiger partial charge in [0.2, 0.25) is 0 Å². The summed E-state index contributed by atoms with van der Waals surface area (Å²) in [5.41, 5.74) is 2.75. The minimum Gasteiger partial charge on any atom is -0.373 e. The number of H-pyrrole nitrogens is 1. The zero-order chi connectivity index (χ0) is 21.0. The third kappa shape index (κ3) is 2.87. The van der Waals surface area contributed by atoms with E-state index in [2.05, 4.69) is 4.98 Å². The van der Waals surface area contributed by atoms with E-state index in [0.717, 1.165) is 23.3 Å². The number of halogens is 2. The summed E-state index contributed by atoms with van der Waals surface area (Å²) >= 11 is 0. The molecule has 0 saturated carbocycles. The normalized spacial score (nSPS) is 17.7. The number of benzene rings is 2. The Kier molecular flexibility index (Phi) is 4.32. The van der Waals surface area contributed by atoms with Crippen molar-refractivity contribution in [3.63, 3.8) is 0 Å². The van der Waals surface area contributed by atoms with E-state index in [1.807, 2.05) is 24.3 Å². The quantitative estimate of drug-likeness (QED) is 0.667. The van der Waals surface area contributed by atoms with E-state index in [0.29, 0.717) is 29.7 Å². The second-order valence-corrected chi connectivity index (χ2v) is 7.71. The summed E-state index contributed by atoms with van der Waals surface area (Å²) in [5.74, 6) is -2.12. The number of ether oxygens (including phenoxy) is 1. The van der Waals surface area contributed by atoms with Crippen molar-refractivity contribution in [2.24, 2.45) is 0 Å². The van der Waals surface area contributed by atoms with Crippen molar-refractivity contribution >= 4 is 16.8 Å². The van der Waals surface area contributed by atoms with E-state index < -0.39 is 23.2 Å². The number of amides is 2. The first-order valence-corrected chi connectivity index (χ1v) is 9.64. The Labute approximate surface area is 170 Å². The van der Waals surface area contributed by atoms with Crippen molar-refractivity contribution in [3.8, 4) is 0 Å². The summed E-state index contributed by atoms with van der Waals surface area (Å²) in [7, 11) is 1.66. The second kappa shape index (κ2) is 6.91. The monoisotopic (exact) mass is 411 g/mol. The number of nitrogens with one attached hydrogen (secondary N) is 1. The largest absolute Gasteiger partial charge is 0.373 e. The average Bonchev–Trinajstić information content (AvgIpc) is 3.18. The molecule has 2 amide bonds. The molecule has 6 nitrogen and oxygen atoms in total. The lowest BCUT2D eigenvalue weighted by molar-refractivity contribution is 0.0438. The number of rotatable bonds is 1. The maximum Gasteiger partial charge on any atom is 0.320 e. The topological polar surface area (TPSA) is 65.6 Å². The van der Waals surface area contributed by atoms with Gasteiger partial charge in [0.15, 0.2) is 11.6 Å². The van der Waals surface area contributed by atoms with Crippen molar-refractivity contribution in [2.45, 2.75) is 25.7 Å². The first kappa shape index (κ1) is 18.7. The maximum absolute atomic E-state index is 14.0. The molecule has 8 heteroatoms. The van der Waals surface area contributed by atoms with Crippen LogP contribution in [0.15, 0.2) is 41.2 Å². The van der Waals surface area contributed by atoms with Crippen LogP contribution >= 0.6 is 0 Å². The average molecular weight is 411 g/mol. The van der Waals surface area contributed by atoms with Crippen LogP contribution in [0.25, 0.3) is 10.8 Å². The Morgan fingerprint density at radius 3 is 2.43 bits per heavy atom. The summed E-state index contributed by atoms with van der Waals surface area (Å²) in [6.45, 7) is 1.33. The lowest BCUT2D eigenvalue weighted by Gasteiger charge is -2.35. The lowest BCUT2D eigenvalue weighted by Crippen LogP contribution is -2.43. The van der Waals surface area contributed by atoms with E-state index >= 15 is 0 Å². The van der Waals surface area contributed by atoms with Gasteiger partial charge in [-0.05, 0) is 28.6 Å². The van der Waals surface area contributed by atoms with Gasteiger partial charge in [-0.2, -0.15) is 0 Å². The molecule has 154 valence electrons. The number of carbonyl (C=O) groups excluding carboxylic acids is 1. The number of aromatic amines is 1. The molecule has 0 unspecified atom stereocenters. The number of nitrogens with zero attached hydrogens (tertiary/aromatic N) is 2. The third-order valence-electron chi connectivity index (χ3n) is 5.92. The molecule has 0 aliphatic carbocycles. The molecule has 1 N–H and O–H groups in total. The van der Waals surface area contributed by atoms with Crippen LogP contribution < -0.4 is 5.56 Å². The minimum atomic E-state index is -1.09. The predicted molar refractivity (Wildman–Crippen MR) is 106 cm³/mol. The van der Waals surface area contributed by atoms with Gasteiger partial charge in [-0.3, -0.25) is 4.79 Å². The number of hydrogen-bond donors (Lipinski definition) is 1. The molecule has 0 spiro atoms. The number of fused-ring (bicyclic) bond motifs is 4. The van der Waals surface area contributed by atoms with Gasteiger partial charge >= 0.3 is 6.03 Å². The van der Waals surface area contributed by atoms with Crippen molar-refractivity contribution in [2.75, 3.05) is 13.7 Å². The van der Waals surface area contributed by atoms with Gasteiger partial charge in [0.1, 0.15) is 0 Å². The van der Waals surface area contributed by atoms with Crippen LogP contribution in [0.5, 0.6) is 0 Å². The molecule has 2 aliphatic rings. The van der Waals surface area contributed by atoms with Gasteiger partial charge < -0.3 is 19.5 Å². The lowest BCUT2D eigenvalue weighted by atomic mass is 9.95. The number of likely N-dealkylation sites (N-methyl/N-ethyl adjacent to an activating group) is 1. The highest BCUT2D eigenvalue weighted by atomic mass is 19.2. The molecular formula is C22H19F2N3O3. The standard InChI is InChI=1S/C22H19F2N3O3/c1-26(22(29)27-8-12-4-2-3-5-13(12)9-27)19-11-30-10-18-20(19)14-6-16(23)17(24)7-15(14)21(28)25-18/h2-7,19H,8-11H2,1H3,(H,25,28)/t19-/m0/s1. The van der Waals surface area contributed by atoms with E-state index in [-0.39, 0.29) is 24.6 Å². The number of aromatic nitrogens is 1. The molecule has 1 atom stereocenters. The van der Waals surface area contributed by atoms with Crippen LogP contribution in [0.3, 0.4) is 0 Å². The summed E-state index contributed by atoms with van der Waals surface area (Å²) in [6.07, 6.45) is 0.